The molecule has 0 spiro atoms. The summed E-state index contributed by atoms with van der Waals surface area (Å²) in [5, 5.41) is 10.9. The van der Waals surface area contributed by atoms with Crippen LogP contribution in [0.25, 0.3) is 0 Å². The molecule has 0 aromatic carbocycles. The number of nitrogens with two attached hydrogens (primary N) is 1. The number of carboxylic acids is 1. The second kappa shape index (κ2) is 5.55. The zero-order valence-electron chi connectivity index (χ0n) is 8.25. The van der Waals surface area contributed by atoms with Gasteiger partial charge in [0.05, 0.1) is 0 Å². The van der Waals surface area contributed by atoms with Gasteiger partial charge in [-0.3, -0.25) is 9.59 Å². The highest BCUT2D eigenvalue weighted by molar-refractivity contribution is 6.34. The van der Waals surface area contributed by atoms with Crippen LogP contribution in [-0.4, -0.2) is 27.9 Å². The van der Waals surface area contributed by atoms with Gasteiger partial charge in [0.25, 0.3) is 0 Å². The predicted octanol–water partition coefficient (Wildman–Crippen LogP) is -0.202. The molecule has 7 heteroatoms. The molecule has 15 heavy (non-hydrogen) atoms. The first kappa shape index (κ1) is 13.7. The molecule has 0 rings (SSSR count). The maximum Gasteiger partial charge on any atom is 0.345 e. The molecule has 0 fully saturated rings. The van der Waals surface area contributed by atoms with E-state index in [0.29, 0.717) is 0 Å². The van der Waals surface area contributed by atoms with Gasteiger partial charge >= 0.3 is 5.97 Å². The molecule has 0 aliphatic heterocycles. The Morgan fingerprint density at radius 2 is 2.00 bits per heavy atom. The lowest BCUT2D eigenvalue weighted by molar-refractivity contribution is -0.144. The van der Waals surface area contributed by atoms with Crippen LogP contribution in [-0.2, 0) is 14.4 Å². The predicted molar refractivity (Wildman–Crippen MR) is 53.1 cm³/mol. The van der Waals surface area contributed by atoms with Crippen molar-refractivity contribution >= 4 is 29.4 Å². The standard InChI is InChI=1S/C8H13ClN2O4/c1-2-6(13)11-8(9,7(14)15)4-3-5(10)12/h2-4H2,1H3,(H2,10,12)(H,11,13)(H,14,15)/t8-/m0/s1. The van der Waals surface area contributed by atoms with E-state index in [1.54, 1.807) is 6.92 Å². The lowest BCUT2D eigenvalue weighted by atomic mass is 10.1. The highest BCUT2D eigenvalue weighted by Gasteiger charge is 2.37. The highest BCUT2D eigenvalue weighted by Crippen LogP contribution is 2.19. The summed E-state index contributed by atoms with van der Waals surface area (Å²) < 4.78 is 0. The molecule has 6 nitrogen and oxygen atoms in total. The normalized spacial score (nSPS) is 14.0. The van der Waals surface area contributed by atoms with E-state index in [-0.39, 0.29) is 19.3 Å². The summed E-state index contributed by atoms with van der Waals surface area (Å²) >= 11 is 5.65. The van der Waals surface area contributed by atoms with Crippen molar-refractivity contribution < 1.29 is 19.5 Å². The molecule has 4 N–H and O–H groups in total. The summed E-state index contributed by atoms with van der Waals surface area (Å²) in [6.07, 6.45) is -0.344. The van der Waals surface area contributed by atoms with E-state index >= 15 is 0 Å². The van der Waals surface area contributed by atoms with E-state index in [0.717, 1.165) is 0 Å². The quantitative estimate of drug-likeness (QED) is 0.438. The minimum Gasteiger partial charge on any atom is -0.479 e. The van der Waals surface area contributed by atoms with Crippen LogP contribution < -0.4 is 11.1 Å². The molecule has 0 unspecified atom stereocenters. The Balaban J connectivity index is 4.52. The smallest absolute Gasteiger partial charge is 0.345 e. The Kier molecular flexibility index (Phi) is 5.07. The third-order valence-electron chi connectivity index (χ3n) is 1.71. The molecule has 86 valence electrons. The van der Waals surface area contributed by atoms with Gasteiger partial charge in [0, 0.05) is 19.3 Å². The van der Waals surface area contributed by atoms with Crippen LogP contribution >= 0.6 is 11.6 Å². The average Bonchev–Trinajstić information content (AvgIpc) is 2.14. The van der Waals surface area contributed by atoms with Crippen molar-refractivity contribution in [2.75, 3.05) is 0 Å². The zero-order valence-corrected chi connectivity index (χ0v) is 9.00. The maximum absolute atomic E-state index is 11.0. The third kappa shape index (κ3) is 4.64. The number of rotatable bonds is 6. The second-order valence-electron chi connectivity index (χ2n) is 2.97. The lowest BCUT2D eigenvalue weighted by Gasteiger charge is -2.22. The zero-order chi connectivity index (χ0) is 12.1. The Bertz CT molecular complexity index is 282. The van der Waals surface area contributed by atoms with Gasteiger partial charge in [-0.05, 0) is 0 Å². The molecule has 1 atom stereocenters. The molecule has 2 amide bonds. The molecule has 0 saturated heterocycles. The number of carbonyl (C=O) groups is 3. The van der Waals surface area contributed by atoms with Crippen molar-refractivity contribution in [2.24, 2.45) is 5.73 Å². The Morgan fingerprint density at radius 3 is 2.33 bits per heavy atom. The van der Waals surface area contributed by atoms with Crippen LogP contribution in [0.5, 0.6) is 0 Å². The number of carboxylic acid groups (broad SMARTS) is 1. The summed E-state index contributed by atoms with van der Waals surface area (Å²) in [6.45, 7) is 1.56. The number of primary amides is 1. The van der Waals surface area contributed by atoms with E-state index in [2.05, 4.69) is 5.32 Å². The van der Waals surface area contributed by atoms with E-state index in [1.165, 1.54) is 0 Å². The molecule has 0 radical (unpaired) electrons. The highest BCUT2D eigenvalue weighted by atomic mass is 35.5. The van der Waals surface area contributed by atoms with Gasteiger partial charge in [0.2, 0.25) is 16.8 Å². The number of hydrogen-bond donors (Lipinski definition) is 3. The van der Waals surface area contributed by atoms with Crippen LogP contribution in [0.3, 0.4) is 0 Å². The Labute approximate surface area is 91.8 Å². The Morgan fingerprint density at radius 1 is 1.47 bits per heavy atom. The maximum atomic E-state index is 11.0. The summed E-state index contributed by atoms with van der Waals surface area (Å²) in [4.78, 5) is 30.3. The van der Waals surface area contributed by atoms with Gasteiger partial charge in [0.15, 0.2) is 0 Å². The average molecular weight is 237 g/mol. The molecular formula is C8H13ClN2O4. The van der Waals surface area contributed by atoms with Crippen molar-refractivity contribution in [2.45, 2.75) is 31.2 Å². The van der Waals surface area contributed by atoms with E-state index in [9.17, 15) is 14.4 Å². The molecule has 0 aromatic rings. The van der Waals surface area contributed by atoms with Gasteiger partial charge in [-0.1, -0.05) is 18.5 Å². The number of alkyl halides is 1. The van der Waals surface area contributed by atoms with Crippen LogP contribution in [0.4, 0.5) is 0 Å². The van der Waals surface area contributed by atoms with E-state index in [1.807, 2.05) is 0 Å². The van der Waals surface area contributed by atoms with Crippen LogP contribution in [0.1, 0.15) is 26.2 Å². The monoisotopic (exact) mass is 236 g/mol. The number of carbonyl (C=O) groups excluding carboxylic acids is 2. The largest absolute Gasteiger partial charge is 0.479 e. The molecular weight excluding hydrogens is 224 g/mol. The van der Waals surface area contributed by atoms with Gasteiger partial charge in [0.1, 0.15) is 0 Å². The van der Waals surface area contributed by atoms with Crippen molar-refractivity contribution in [1.29, 1.82) is 0 Å². The van der Waals surface area contributed by atoms with Crippen LogP contribution in [0.15, 0.2) is 0 Å². The minimum atomic E-state index is -1.96. The molecule has 0 aromatic heterocycles. The summed E-state index contributed by atoms with van der Waals surface area (Å²) in [7, 11) is 0. The first-order valence-electron chi connectivity index (χ1n) is 4.33. The Hall–Kier alpha value is -1.30. The van der Waals surface area contributed by atoms with Crippen molar-refractivity contribution in [3.8, 4) is 0 Å². The topological polar surface area (TPSA) is 109 Å². The first-order valence-corrected chi connectivity index (χ1v) is 4.71. The fourth-order valence-corrected chi connectivity index (χ4v) is 1.03. The number of aliphatic carboxylic acids is 1. The van der Waals surface area contributed by atoms with E-state index < -0.39 is 22.8 Å². The fraction of sp³-hybridized carbons (Fsp3) is 0.625. The SMILES string of the molecule is CCC(=O)N[C@@](Cl)(CCC(N)=O)C(=O)O. The second-order valence-corrected chi connectivity index (χ2v) is 3.62. The fourth-order valence-electron chi connectivity index (χ4n) is 0.828. The molecule has 0 heterocycles. The molecule has 0 aliphatic rings. The van der Waals surface area contributed by atoms with Gasteiger partial charge in [-0.15, -0.1) is 0 Å². The summed E-state index contributed by atoms with van der Waals surface area (Å²) in [5.74, 6) is -2.59. The number of nitrogens with one attached hydrogen (secondary N) is 1. The van der Waals surface area contributed by atoms with Gasteiger partial charge in [-0.2, -0.15) is 0 Å². The first-order chi connectivity index (χ1) is 6.81. The van der Waals surface area contributed by atoms with Gasteiger partial charge < -0.3 is 16.2 Å². The van der Waals surface area contributed by atoms with Crippen LogP contribution in [0.2, 0.25) is 0 Å². The summed E-state index contributed by atoms with van der Waals surface area (Å²) in [6, 6.07) is 0. The van der Waals surface area contributed by atoms with E-state index in [4.69, 9.17) is 22.4 Å². The molecule has 0 bridgehead atoms. The number of amides is 2. The lowest BCUT2D eigenvalue weighted by Crippen LogP contribution is -2.50. The number of halogens is 1. The minimum absolute atomic E-state index is 0.109. The third-order valence-corrected chi connectivity index (χ3v) is 2.16. The van der Waals surface area contributed by atoms with Crippen molar-refractivity contribution in [1.82, 2.24) is 5.32 Å². The number of hydrogen-bond acceptors (Lipinski definition) is 3. The molecule has 0 saturated carbocycles. The van der Waals surface area contributed by atoms with Crippen LogP contribution in [0, 0.1) is 0 Å². The van der Waals surface area contributed by atoms with Crippen molar-refractivity contribution in [3.63, 3.8) is 0 Å². The molecule has 0 aliphatic carbocycles. The van der Waals surface area contributed by atoms with Gasteiger partial charge in [-0.25, -0.2) is 4.79 Å². The van der Waals surface area contributed by atoms with Crippen molar-refractivity contribution in [3.05, 3.63) is 0 Å². The summed E-state index contributed by atoms with van der Waals surface area (Å²) in [5.41, 5.74) is 4.86.